The van der Waals surface area contributed by atoms with Gasteiger partial charge in [0.1, 0.15) is 24.6 Å². The second kappa shape index (κ2) is 9.23. The van der Waals surface area contributed by atoms with Crippen molar-refractivity contribution in [3.63, 3.8) is 0 Å². The molecule has 4 rings (SSSR count). The number of benzene rings is 1. The number of anilines is 1. The second-order valence-corrected chi connectivity index (χ2v) is 7.92. The molecule has 0 saturated carbocycles. The van der Waals surface area contributed by atoms with Crippen molar-refractivity contribution < 1.29 is 19.0 Å². The molecule has 1 N–H and O–H groups in total. The molecule has 0 bridgehead atoms. The van der Waals surface area contributed by atoms with Gasteiger partial charge in [-0.15, -0.1) is 0 Å². The molecule has 0 aliphatic carbocycles. The van der Waals surface area contributed by atoms with Crippen molar-refractivity contribution in [1.29, 1.82) is 5.26 Å². The normalized spacial score (nSPS) is 21.1. The summed E-state index contributed by atoms with van der Waals surface area (Å²) in [7, 11) is 0. The first kappa shape index (κ1) is 20.9. The van der Waals surface area contributed by atoms with Crippen molar-refractivity contribution in [2.75, 3.05) is 31.6 Å². The van der Waals surface area contributed by atoms with Crippen molar-refractivity contribution >= 4 is 11.7 Å². The van der Waals surface area contributed by atoms with Crippen LogP contribution in [-0.2, 0) is 16.0 Å². The van der Waals surface area contributed by atoms with Gasteiger partial charge in [-0.25, -0.2) is 4.98 Å². The monoisotopic (exact) mass is 422 g/mol. The fourth-order valence-electron chi connectivity index (χ4n) is 3.83. The van der Waals surface area contributed by atoms with Crippen LogP contribution in [0, 0.1) is 11.3 Å². The smallest absolute Gasteiger partial charge is 0.219 e. The summed E-state index contributed by atoms with van der Waals surface area (Å²) in [5.74, 6) is 2.19. The molecule has 162 valence electrons. The van der Waals surface area contributed by atoms with Gasteiger partial charge in [-0.2, -0.15) is 5.26 Å². The number of carbonyl (C=O) groups is 1. The van der Waals surface area contributed by atoms with Crippen molar-refractivity contribution in [2.45, 2.75) is 38.5 Å². The lowest BCUT2D eigenvalue weighted by Crippen LogP contribution is -2.53. The topological polar surface area (TPSA) is 96.7 Å². The first-order valence-corrected chi connectivity index (χ1v) is 10.4. The number of pyridine rings is 1. The van der Waals surface area contributed by atoms with Crippen LogP contribution in [0.5, 0.6) is 11.5 Å². The SMILES string of the molecule is CC(=O)N1CCO[C@H]([C@H]2COc3ccc(C[C@@H](C)Nc4ccc(C#N)cn4)cc3O2)C1. The summed E-state index contributed by atoms with van der Waals surface area (Å²) in [4.78, 5) is 17.8. The van der Waals surface area contributed by atoms with Crippen LogP contribution in [-0.4, -0.2) is 60.3 Å². The van der Waals surface area contributed by atoms with E-state index in [2.05, 4.69) is 23.3 Å². The quantitative estimate of drug-likeness (QED) is 0.790. The van der Waals surface area contributed by atoms with Crippen LogP contribution < -0.4 is 14.8 Å². The Morgan fingerprint density at radius 1 is 1.32 bits per heavy atom. The van der Waals surface area contributed by atoms with E-state index in [0.717, 1.165) is 17.8 Å². The zero-order valence-electron chi connectivity index (χ0n) is 17.7. The Labute approximate surface area is 181 Å². The molecule has 1 fully saturated rings. The van der Waals surface area contributed by atoms with Crippen LogP contribution in [0.3, 0.4) is 0 Å². The Kier molecular flexibility index (Phi) is 6.23. The number of rotatable bonds is 5. The number of nitrogens with one attached hydrogen (secondary N) is 1. The van der Waals surface area contributed by atoms with Gasteiger partial charge in [0.15, 0.2) is 17.6 Å². The molecule has 1 amide bonds. The number of hydrogen-bond acceptors (Lipinski definition) is 7. The van der Waals surface area contributed by atoms with Gasteiger partial charge in [0.2, 0.25) is 5.91 Å². The third-order valence-electron chi connectivity index (χ3n) is 5.47. The highest BCUT2D eigenvalue weighted by Crippen LogP contribution is 2.34. The van der Waals surface area contributed by atoms with E-state index in [1.165, 1.54) is 0 Å². The van der Waals surface area contributed by atoms with Crippen LogP contribution in [0.4, 0.5) is 5.82 Å². The minimum absolute atomic E-state index is 0.0472. The minimum atomic E-state index is -0.261. The van der Waals surface area contributed by atoms with Gasteiger partial charge in [0.05, 0.1) is 18.7 Å². The number of amides is 1. The maximum atomic E-state index is 11.7. The molecule has 0 radical (unpaired) electrons. The molecule has 8 heteroatoms. The highest BCUT2D eigenvalue weighted by atomic mass is 16.6. The van der Waals surface area contributed by atoms with Crippen molar-refractivity contribution in [3.8, 4) is 17.6 Å². The summed E-state index contributed by atoms with van der Waals surface area (Å²) < 4.78 is 18.0. The predicted octanol–water partition coefficient (Wildman–Crippen LogP) is 2.38. The van der Waals surface area contributed by atoms with Crippen LogP contribution in [0.25, 0.3) is 0 Å². The van der Waals surface area contributed by atoms with Gasteiger partial charge in [0, 0.05) is 25.7 Å². The van der Waals surface area contributed by atoms with Gasteiger partial charge in [-0.1, -0.05) is 6.07 Å². The Morgan fingerprint density at radius 2 is 2.19 bits per heavy atom. The van der Waals surface area contributed by atoms with Gasteiger partial charge in [-0.3, -0.25) is 4.79 Å². The zero-order chi connectivity index (χ0) is 21.8. The lowest BCUT2D eigenvalue weighted by molar-refractivity contribution is -0.143. The van der Waals surface area contributed by atoms with Gasteiger partial charge >= 0.3 is 0 Å². The standard InChI is InChI=1S/C23H26N4O4/c1-15(26-23-6-4-18(11-24)12-25-23)9-17-3-5-19-20(10-17)31-22(14-30-19)21-13-27(16(2)28)7-8-29-21/h3-6,10,12,15,21-22H,7-9,13-14H2,1-2H3,(H,25,26)/t15-,21+,22-/m1/s1. The zero-order valence-corrected chi connectivity index (χ0v) is 17.7. The van der Waals surface area contributed by atoms with Crippen molar-refractivity contribution in [2.24, 2.45) is 0 Å². The summed E-state index contributed by atoms with van der Waals surface area (Å²) in [5.41, 5.74) is 1.64. The number of aromatic nitrogens is 1. The number of carbonyl (C=O) groups excluding carboxylic acids is 1. The van der Waals surface area contributed by atoms with E-state index in [9.17, 15) is 4.79 Å². The third kappa shape index (κ3) is 5.06. The summed E-state index contributed by atoms with van der Waals surface area (Å²) in [6.07, 6.45) is 1.85. The lowest BCUT2D eigenvalue weighted by Gasteiger charge is -2.38. The van der Waals surface area contributed by atoms with Crippen molar-refractivity contribution in [1.82, 2.24) is 9.88 Å². The molecule has 1 aromatic heterocycles. The van der Waals surface area contributed by atoms with E-state index in [1.807, 2.05) is 18.2 Å². The molecule has 2 aliphatic rings. The first-order chi connectivity index (χ1) is 15.0. The van der Waals surface area contributed by atoms with Gasteiger partial charge in [-0.05, 0) is 43.2 Å². The summed E-state index contributed by atoms with van der Waals surface area (Å²) in [6.45, 7) is 5.67. The van der Waals surface area contributed by atoms with Crippen LogP contribution in [0.2, 0.25) is 0 Å². The number of hydrogen-bond donors (Lipinski definition) is 1. The molecule has 3 heterocycles. The fraction of sp³-hybridized carbons (Fsp3) is 0.435. The molecular formula is C23H26N4O4. The molecule has 3 atom stereocenters. The van der Waals surface area contributed by atoms with Gasteiger partial charge < -0.3 is 24.4 Å². The molecule has 31 heavy (non-hydrogen) atoms. The maximum Gasteiger partial charge on any atom is 0.219 e. The van der Waals surface area contributed by atoms with Crippen LogP contribution >= 0.6 is 0 Å². The molecule has 0 spiro atoms. The highest BCUT2D eigenvalue weighted by molar-refractivity contribution is 5.73. The van der Waals surface area contributed by atoms with E-state index in [0.29, 0.717) is 43.4 Å². The lowest BCUT2D eigenvalue weighted by atomic mass is 10.1. The number of fused-ring (bicyclic) bond motifs is 1. The Bertz CT molecular complexity index is 973. The van der Waals surface area contributed by atoms with Crippen LogP contribution in [0.1, 0.15) is 25.0 Å². The Balaban J connectivity index is 1.38. The highest BCUT2D eigenvalue weighted by Gasteiger charge is 2.34. The van der Waals surface area contributed by atoms with E-state index in [1.54, 1.807) is 30.2 Å². The van der Waals surface area contributed by atoms with E-state index >= 15 is 0 Å². The first-order valence-electron chi connectivity index (χ1n) is 10.4. The predicted molar refractivity (Wildman–Crippen MR) is 114 cm³/mol. The minimum Gasteiger partial charge on any atom is -0.486 e. The molecule has 8 nitrogen and oxygen atoms in total. The van der Waals surface area contributed by atoms with E-state index in [-0.39, 0.29) is 24.2 Å². The van der Waals surface area contributed by atoms with E-state index in [4.69, 9.17) is 19.5 Å². The molecule has 2 aliphatic heterocycles. The van der Waals surface area contributed by atoms with Gasteiger partial charge in [0.25, 0.3) is 0 Å². The van der Waals surface area contributed by atoms with E-state index < -0.39 is 0 Å². The maximum absolute atomic E-state index is 11.7. The molecule has 1 aromatic carbocycles. The molecule has 2 aromatic rings. The Morgan fingerprint density at radius 3 is 2.94 bits per heavy atom. The molecule has 1 saturated heterocycles. The second-order valence-electron chi connectivity index (χ2n) is 7.92. The van der Waals surface area contributed by atoms with Crippen molar-refractivity contribution in [3.05, 3.63) is 47.7 Å². The number of morpholine rings is 1. The number of nitrogens with zero attached hydrogens (tertiary/aromatic N) is 3. The number of ether oxygens (including phenoxy) is 3. The van der Waals surface area contributed by atoms with Crippen LogP contribution in [0.15, 0.2) is 36.5 Å². The largest absolute Gasteiger partial charge is 0.486 e. The average molecular weight is 422 g/mol. The molecule has 0 unspecified atom stereocenters. The fourth-order valence-corrected chi connectivity index (χ4v) is 3.83. The summed E-state index contributed by atoms with van der Waals surface area (Å²) >= 11 is 0. The summed E-state index contributed by atoms with van der Waals surface area (Å²) in [6, 6.07) is 11.7. The summed E-state index contributed by atoms with van der Waals surface area (Å²) in [5, 5.41) is 12.2. The Hall–Kier alpha value is -3.31. The average Bonchev–Trinajstić information content (AvgIpc) is 2.79. The third-order valence-corrected chi connectivity index (χ3v) is 5.47. The molecular weight excluding hydrogens is 396 g/mol. The number of nitriles is 1.